The van der Waals surface area contributed by atoms with Gasteiger partial charge in [-0.15, -0.1) is 0 Å². The number of anilines is 1. The van der Waals surface area contributed by atoms with Crippen LogP contribution in [0.4, 0.5) is 5.69 Å². The first-order valence-electron chi connectivity index (χ1n) is 11.8. The summed E-state index contributed by atoms with van der Waals surface area (Å²) in [6.07, 6.45) is 4.61. The van der Waals surface area contributed by atoms with Crippen LogP contribution in [0.2, 0.25) is 0 Å². The number of hydrogen-bond acceptors (Lipinski definition) is 3. The largest absolute Gasteiger partial charge is 0.508 e. The Morgan fingerprint density at radius 3 is 1.83 bits per heavy atom. The summed E-state index contributed by atoms with van der Waals surface area (Å²) in [6.45, 7) is 10.8. The van der Waals surface area contributed by atoms with E-state index < -0.39 is 0 Å². The Morgan fingerprint density at radius 2 is 1.26 bits per heavy atom. The number of carbonyl (C=O) groups excluding carboxylic acids is 1. The van der Waals surface area contributed by atoms with Crippen LogP contribution in [0, 0.1) is 34.6 Å². The molecule has 0 saturated heterocycles. The molecule has 3 aromatic carbocycles. The van der Waals surface area contributed by atoms with Gasteiger partial charge in [0.05, 0.1) is 0 Å². The fourth-order valence-corrected chi connectivity index (χ4v) is 4.26. The van der Waals surface area contributed by atoms with Crippen LogP contribution in [0.15, 0.2) is 65.1 Å². The maximum Gasteiger partial charge on any atom is 0.291 e. The van der Waals surface area contributed by atoms with Crippen LogP contribution in [0.5, 0.6) is 5.75 Å². The fraction of sp³-hybridized carbons (Fsp3) is 0.194. The molecule has 4 nitrogen and oxygen atoms in total. The number of aromatic hydroxyl groups is 1. The normalized spacial score (nSPS) is 11.2. The summed E-state index contributed by atoms with van der Waals surface area (Å²) in [4.78, 5) is 12.8. The van der Waals surface area contributed by atoms with Gasteiger partial charge in [-0.1, -0.05) is 36.4 Å². The summed E-state index contributed by atoms with van der Waals surface area (Å²) in [5.41, 5.74) is 10.5. The van der Waals surface area contributed by atoms with Crippen LogP contribution in [-0.2, 0) is 6.42 Å². The summed E-state index contributed by atoms with van der Waals surface area (Å²) >= 11 is 0. The van der Waals surface area contributed by atoms with Gasteiger partial charge in [0.15, 0.2) is 5.76 Å². The summed E-state index contributed by atoms with van der Waals surface area (Å²) in [5, 5.41) is 12.3. The Morgan fingerprint density at radius 1 is 0.743 bits per heavy atom. The third kappa shape index (κ3) is 5.38. The van der Waals surface area contributed by atoms with Crippen molar-refractivity contribution in [2.24, 2.45) is 0 Å². The highest BCUT2D eigenvalue weighted by molar-refractivity contribution is 6.02. The highest BCUT2D eigenvalue weighted by Gasteiger charge is 2.16. The zero-order valence-corrected chi connectivity index (χ0v) is 20.9. The van der Waals surface area contributed by atoms with Crippen molar-refractivity contribution in [2.75, 3.05) is 5.32 Å². The standard InChI is InChI=1S/C31H31NO3/c1-19-20(2)22(4)29(23(5)21(19)3)18-28-16-17-30(35-28)31(34)32-26-12-8-24(9-13-26)6-7-25-10-14-27(33)15-11-25/h6-17,33H,18H2,1-5H3,(H,32,34). The molecule has 35 heavy (non-hydrogen) atoms. The topological polar surface area (TPSA) is 62.5 Å². The molecule has 0 spiro atoms. The number of nitrogens with one attached hydrogen (secondary N) is 1. The summed E-state index contributed by atoms with van der Waals surface area (Å²) in [5.74, 6) is 1.05. The van der Waals surface area contributed by atoms with Gasteiger partial charge in [-0.2, -0.15) is 0 Å². The van der Waals surface area contributed by atoms with Crippen LogP contribution in [0.3, 0.4) is 0 Å². The molecule has 0 bridgehead atoms. The van der Waals surface area contributed by atoms with Gasteiger partial charge in [-0.3, -0.25) is 4.79 Å². The average Bonchev–Trinajstić information content (AvgIpc) is 3.34. The zero-order valence-electron chi connectivity index (χ0n) is 20.9. The number of furan rings is 1. The second-order valence-electron chi connectivity index (χ2n) is 9.05. The molecule has 0 fully saturated rings. The molecule has 4 rings (SSSR count). The zero-order chi connectivity index (χ0) is 25.1. The van der Waals surface area contributed by atoms with E-state index in [2.05, 4.69) is 39.9 Å². The first kappa shape index (κ1) is 24.1. The summed E-state index contributed by atoms with van der Waals surface area (Å²) < 4.78 is 5.92. The molecule has 0 saturated carbocycles. The van der Waals surface area contributed by atoms with E-state index in [9.17, 15) is 9.90 Å². The number of carbonyl (C=O) groups is 1. The molecule has 0 aliphatic carbocycles. The maximum atomic E-state index is 12.8. The third-order valence-corrected chi connectivity index (χ3v) is 6.92. The molecule has 0 atom stereocenters. The molecular weight excluding hydrogens is 434 g/mol. The van der Waals surface area contributed by atoms with Gasteiger partial charge in [0.2, 0.25) is 0 Å². The predicted molar refractivity (Wildman–Crippen MR) is 143 cm³/mol. The van der Waals surface area contributed by atoms with E-state index >= 15 is 0 Å². The second kappa shape index (κ2) is 10.1. The number of phenols is 1. The Kier molecular flexibility index (Phi) is 6.92. The lowest BCUT2D eigenvalue weighted by Gasteiger charge is -2.18. The number of hydrogen-bond donors (Lipinski definition) is 2. The molecule has 0 radical (unpaired) electrons. The highest BCUT2D eigenvalue weighted by Crippen LogP contribution is 2.28. The van der Waals surface area contributed by atoms with Gasteiger partial charge in [0.25, 0.3) is 5.91 Å². The minimum Gasteiger partial charge on any atom is -0.508 e. The van der Waals surface area contributed by atoms with Crippen molar-refractivity contribution >= 4 is 23.7 Å². The van der Waals surface area contributed by atoms with Gasteiger partial charge < -0.3 is 14.8 Å². The smallest absolute Gasteiger partial charge is 0.291 e. The monoisotopic (exact) mass is 465 g/mol. The van der Waals surface area contributed by atoms with E-state index in [1.807, 2.05) is 54.6 Å². The van der Waals surface area contributed by atoms with Crippen molar-refractivity contribution in [3.63, 3.8) is 0 Å². The molecule has 1 heterocycles. The highest BCUT2D eigenvalue weighted by atomic mass is 16.3. The minimum atomic E-state index is -0.270. The van der Waals surface area contributed by atoms with Crippen LogP contribution >= 0.6 is 0 Å². The second-order valence-corrected chi connectivity index (χ2v) is 9.05. The van der Waals surface area contributed by atoms with Crippen LogP contribution in [0.25, 0.3) is 12.2 Å². The fourth-order valence-electron chi connectivity index (χ4n) is 4.26. The predicted octanol–water partition coefficient (Wildman–Crippen LogP) is 7.54. The Hall–Kier alpha value is -4.05. The van der Waals surface area contributed by atoms with E-state index in [0.717, 1.165) is 16.9 Å². The van der Waals surface area contributed by atoms with Gasteiger partial charge in [0, 0.05) is 12.1 Å². The molecular formula is C31H31NO3. The summed E-state index contributed by atoms with van der Waals surface area (Å²) in [6, 6.07) is 18.2. The number of amides is 1. The van der Waals surface area contributed by atoms with Crippen LogP contribution in [-0.4, -0.2) is 11.0 Å². The van der Waals surface area contributed by atoms with E-state index in [0.29, 0.717) is 17.9 Å². The van der Waals surface area contributed by atoms with Crippen molar-refractivity contribution in [3.8, 4) is 5.75 Å². The van der Waals surface area contributed by atoms with Gasteiger partial charge in [0.1, 0.15) is 11.5 Å². The van der Waals surface area contributed by atoms with Crippen molar-refractivity contribution in [1.29, 1.82) is 0 Å². The van der Waals surface area contributed by atoms with Gasteiger partial charge >= 0.3 is 0 Å². The van der Waals surface area contributed by atoms with Gasteiger partial charge in [-0.05, 0) is 116 Å². The van der Waals surface area contributed by atoms with Crippen LogP contribution in [0.1, 0.15) is 60.8 Å². The molecule has 2 N–H and O–H groups in total. The molecule has 0 aliphatic rings. The van der Waals surface area contributed by atoms with Crippen molar-refractivity contribution in [3.05, 3.63) is 117 Å². The lowest BCUT2D eigenvalue weighted by molar-refractivity contribution is 0.0995. The molecule has 0 aliphatic heterocycles. The first-order valence-corrected chi connectivity index (χ1v) is 11.8. The third-order valence-electron chi connectivity index (χ3n) is 6.92. The molecule has 0 unspecified atom stereocenters. The van der Waals surface area contributed by atoms with Crippen molar-refractivity contribution < 1.29 is 14.3 Å². The van der Waals surface area contributed by atoms with Crippen molar-refractivity contribution in [2.45, 2.75) is 41.0 Å². The Bertz CT molecular complexity index is 1360. The lowest BCUT2D eigenvalue weighted by atomic mass is 9.88. The Balaban J connectivity index is 1.42. The summed E-state index contributed by atoms with van der Waals surface area (Å²) in [7, 11) is 0. The molecule has 1 aromatic heterocycles. The van der Waals surface area contributed by atoms with E-state index in [-0.39, 0.29) is 11.7 Å². The molecule has 4 heteroatoms. The van der Waals surface area contributed by atoms with E-state index in [1.54, 1.807) is 18.2 Å². The molecule has 1 amide bonds. The minimum absolute atomic E-state index is 0.247. The van der Waals surface area contributed by atoms with E-state index in [1.165, 1.54) is 33.4 Å². The molecule has 178 valence electrons. The van der Waals surface area contributed by atoms with Gasteiger partial charge in [-0.25, -0.2) is 0 Å². The quantitative estimate of drug-likeness (QED) is 0.289. The first-order chi connectivity index (χ1) is 16.7. The SMILES string of the molecule is Cc1c(C)c(C)c(Cc2ccc(C(=O)Nc3ccc(C=Cc4ccc(O)cc4)cc3)o2)c(C)c1C. The Labute approximate surface area is 206 Å². The maximum absolute atomic E-state index is 12.8. The van der Waals surface area contributed by atoms with Crippen molar-refractivity contribution in [1.82, 2.24) is 0 Å². The lowest BCUT2D eigenvalue weighted by Crippen LogP contribution is -2.10. The number of benzene rings is 3. The average molecular weight is 466 g/mol. The molecule has 4 aromatic rings. The van der Waals surface area contributed by atoms with Crippen LogP contribution < -0.4 is 5.32 Å². The number of rotatable bonds is 6. The van der Waals surface area contributed by atoms with E-state index in [4.69, 9.17) is 4.42 Å². The number of phenolic OH excluding ortho intramolecular Hbond substituents is 1.